The smallest absolute Gasteiger partial charge is 0.264 e. The third-order valence-electron chi connectivity index (χ3n) is 2.37. The van der Waals surface area contributed by atoms with Crippen molar-refractivity contribution >= 4 is 48.0 Å². The van der Waals surface area contributed by atoms with E-state index in [-0.39, 0.29) is 10.8 Å². The minimum Gasteiger partial charge on any atom is -0.349 e. The highest BCUT2D eigenvalue weighted by Crippen LogP contribution is 2.26. The van der Waals surface area contributed by atoms with Crippen LogP contribution in [0.25, 0.3) is 0 Å². The van der Waals surface area contributed by atoms with Crippen LogP contribution in [0.1, 0.15) is 17.3 Å². The molecule has 0 aliphatic heterocycles. The molecule has 0 aliphatic rings. The van der Waals surface area contributed by atoms with Crippen molar-refractivity contribution in [3.8, 4) is 0 Å². The van der Waals surface area contributed by atoms with E-state index in [4.69, 9.17) is 22.3 Å². The summed E-state index contributed by atoms with van der Waals surface area (Å²) in [5, 5.41) is 2.26. The van der Waals surface area contributed by atoms with Gasteiger partial charge >= 0.3 is 0 Å². The molecule has 1 N–H and O–H groups in total. The summed E-state index contributed by atoms with van der Waals surface area (Å²) < 4.78 is 47.6. The SMILES string of the molecule is CC(CS(C)=O)NC(=O)c1cc(Cl)cc(S(=O)(=O)Cl)c1F. The first kappa shape index (κ1) is 18.3. The van der Waals surface area contributed by atoms with E-state index in [1.807, 2.05) is 0 Å². The van der Waals surface area contributed by atoms with Crippen LogP contribution in [0.4, 0.5) is 4.39 Å². The molecular formula is C11H12Cl2FNO4S2. The lowest BCUT2D eigenvalue weighted by molar-refractivity contribution is 0.0939. The Morgan fingerprint density at radius 3 is 2.52 bits per heavy atom. The molecule has 21 heavy (non-hydrogen) atoms. The Balaban J connectivity index is 3.17. The highest BCUT2D eigenvalue weighted by Gasteiger charge is 2.24. The second kappa shape index (κ2) is 7.04. The molecule has 0 spiro atoms. The summed E-state index contributed by atoms with van der Waals surface area (Å²) in [5.74, 6) is -1.97. The lowest BCUT2D eigenvalue weighted by atomic mass is 10.2. The quantitative estimate of drug-likeness (QED) is 0.796. The van der Waals surface area contributed by atoms with E-state index < -0.39 is 48.1 Å². The molecule has 1 amide bonds. The largest absolute Gasteiger partial charge is 0.349 e. The van der Waals surface area contributed by atoms with Gasteiger partial charge < -0.3 is 5.32 Å². The number of nitrogens with one attached hydrogen (secondary N) is 1. The maximum absolute atomic E-state index is 14.1. The fraction of sp³-hybridized carbons (Fsp3) is 0.364. The first-order chi connectivity index (χ1) is 9.52. The fourth-order valence-electron chi connectivity index (χ4n) is 1.60. The standard InChI is InChI=1S/C11H12Cl2FNO4S2/c1-6(5-20(2)17)15-11(16)8-3-7(12)4-9(10(8)14)21(13,18)19/h3-4,6H,5H2,1-2H3,(H,15,16). The molecule has 0 saturated carbocycles. The number of benzene rings is 1. The molecule has 0 bridgehead atoms. The number of halogens is 3. The Kier molecular flexibility index (Phi) is 6.15. The number of carbonyl (C=O) groups excluding carboxylic acids is 1. The molecule has 0 aromatic heterocycles. The van der Waals surface area contributed by atoms with Crippen LogP contribution >= 0.6 is 22.3 Å². The van der Waals surface area contributed by atoms with Gasteiger partial charge in [-0.15, -0.1) is 0 Å². The van der Waals surface area contributed by atoms with Crippen molar-refractivity contribution in [3.05, 3.63) is 28.5 Å². The highest BCUT2D eigenvalue weighted by atomic mass is 35.7. The van der Waals surface area contributed by atoms with Crippen LogP contribution in [0.5, 0.6) is 0 Å². The van der Waals surface area contributed by atoms with Gasteiger partial charge in [0.15, 0.2) is 5.82 Å². The Bertz CT molecular complexity index is 694. The molecule has 1 aromatic rings. The minimum absolute atomic E-state index is 0.146. The normalized spacial score (nSPS) is 14.5. The van der Waals surface area contributed by atoms with E-state index in [2.05, 4.69) is 5.32 Å². The predicted molar refractivity (Wildman–Crippen MR) is 80.3 cm³/mol. The third kappa shape index (κ3) is 5.21. The molecule has 0 saturated heterocycles. The number of hydrogen-bond donors (Lipinski definition) is 1. The number of hydrogen-bond acceptors (Lipinski definition) is 4. The van der Waals surface area contributed by atoms with Gasteiger partial charge in [-0.05, 0) is 19.1 Å². The van der Waals surface area contributed by atoms with E-state index >= 15 is 0 Å². The maximum Gasteiger partial charge on any atom is 0.264 e. The zero-order chi connectivity index (χ0) is 16.4. The molecule has 1 aromatic carbocycles. The number of carbonyl (C=O) groups is 1. The Morgan fingerprint density at radius 2 is 2.05 bits per heavy atom. The van der Waals surface area contributed by atoms with Gasteiger partial charge in [0.1, 0.15) is 4.90 Å². The van der Waals surface area contributed by atoms with Crippen LogP contribution in [0.2, 0.25) is 5.02 Å². The van der Waals surface area contributed by atoms with E-state index in [1.165, 1.54) is 6.26 Å². The topological polar surface area (TPSA) is 80.3 Å². The van der Waals surface area contributed by atoms with Crippen LogP contribution in [0.3, 0.4) is 0 Å². The van der Waals surface area contributed by atoms with Crippen molar-refractivity contribution in [2.24, 2.45) is 0 Å². The van der Waals surface area contributed by atoms with E-state index in [1.54, 1.807) is 6.92 Å². The highest BCUT2D eigenvalue weighted by molar-refractivity contribution is 8.13. The molecule has 0 fully saturated rings. The lowest BCUT2D eigenvalue weighted by Crippen LogP contribution is -2.36. The van der Waals surface area contributed by atoms with Gasteiger partial charge in [0, 0.05) is 44.6 Å². The molecule has 118 valence electrons. The minimum atomic E-state index is -4.38. The molecule has 2 unspecified atom stereocenters. The lowest BCUT2D eigenvalue weighted by Gasteiger charge is -2.13. The zero-order valence-corrected chi connectivity index (χ0v) is 14.2. The van der Waals surface area contributed by atoms with Gasteiger partial charge in [0.05, 0.1) is 5.56 Å². The average Bonchev–Trinajstić information content (AvgIpc) is 2.28. The van der Waals surface area contributed by atoms with Crippen LogP contribution in [0, 0.1) is 5.82 Å². The summed E-state index contributed by atoms with van der Waals surface area (Å²) in [5.41, 5.74) is -0.546. The second-order valence-corrected chi connectivity index (χ2v) is 8.77. The van der Waals surface area contributed by atoms with E-state index in [0.717, 1.165) is 12.1 Å². The van der Waals surface area contributed by atoms with Crippen LogP contribution in [0.15, 0.2) is 17.0 Å². The molecule has 0 aliphatic carbocycles. The van der Waals surface area contributed by atoms with Crippen molar-refractivity contribution in [2.75, 3.05) is 12.0 Å². The Labute approximate surface area is 133 Å². The summed E-state index contributed by atoms with van der Waals surface area (Å²) in [6.45, 7) is 1.58. The Morgan fingerprint density at radius 1 is 1.48 bits per heavy atom. The summed E-state index contributed by atoms with van der Waals surface area (Å²) in [7, 11) is -0.435. The maximum atomic E-state index is 14.1. The molecular weight excluding hydrogens is 364 g/mol. The van der Waals surface area contributed by atoms with Crippen molar-refractivity contribution < 1.29 is 21.8 Å². The Hall–Kier alpha value is -0.700. The first-order valence-corrected chi connectivity index (χ1v) is 9.98. The second-order valence-electron chi connectivity index (χ2n) is 4.32. The fourth-order valence-corrected chi connectivity index (χ4v) is 3.60. The van der Waals surface area contributed by atoms with Gasteiger partial charge in [0.25, 0.3) is 15.0 Å². The molecule has 0 radical (unpaired) electrons. The van der Waals surface area contributed by atoms with Gasteiger partial charge in [-0.2, -0.15) is 0 Å². The predicted octanol–water partition coefficient (Wildman–Crippen LogP) is 1.90. The molecule has 10 heteroatoms. The average molecular weight is 376 g/mol. The van der Waals surface area contributed by atoms with Gasteiger partial charge in [0.2, 0.25) is 0 Å². The summed E-state index contributed by atoms with van der Waals surface area (Å²) >= 11 is 5.67. The monoisotopic (exact) mass is 375 g/mol. The summed E-state index contributed by atoms with van der Waals surface area (Å²) in [6.07, 6.45) is 1.46. The van der Waals surface area contributed by atoms with Crippen molar-refractivity contribution in [1.29, 1.82) is 0 Å². The number of rotatable bonds is 5. The first-order valence-electron chi connectivity index (χ1n) is 5.57. The van der Waals surface area contributed by atoms with Crippen LogP contribution in [-0.2, 0) is 19.9 Å². The van der Waals surface area contributed by atoms with Gasteiger partial charge in [-0.3, -0.25) is 9.00 Å². The molecule has 2 atom stereocenters. The van der Waals surface area contributed by atoms with Crippen LogP contribution in [-0.4, -0.2) is 36.6 Å². The third-order valence-corrected chi connectivity index (χ3v) is 4.88. The van der Waals surface area contributed by atoms with Crippen molar-refractivity contribution in [1.82, 2.24) is 5.32 Å². The molecule has 1 rings (SSSR count). The van der Waals surface area contributed by atoms with Gasteiger partial charge in [-0.25, -0.2) is 12.8 Å². The van der Waals surface area contributed by atoms with E-state index in [0.29, 0.717) is 0 Å². The number of amides is 1. The van der Waals surface area contributed by atoms with Crippen LogP contribution < -0.4 is 5.32 Å². The molecule has 5 nitrogen and oxygen atoms in total. The van der Waals surface area contributed by atoms with E-state index in [9.17, 15) is 21.8 Å². The zero-order valence-electron chi connectivity index (χ0n) is 11.0. The van der Waals surface area contributed by atoms with Crippen molar-refractivity contribution in [3.63, 3.8) is 0 Å². The summed E-state index contributed by atoms with van der Waals surface area (Å²) in [6, 6.07) is 1.33. The molecule has 0 heterocycles. The summed E-state index contributed by atoms with van der Waals surface area (Å²) in [4.78, 5) is 11.1. The van der Waals surface area contributed by atoms with Gasteiger partial charge in [-0.1, -0.05) is 11.6 Å². The van der Waals surface area contributed by atoms with Crippen molar-refractivity contribution in [2.45, 2.75) is 17.9 Å².